The maximum absolute atomic E-state index is 13.2. The second-order valence-electron chi connectivity index (χ2n) is 8.73. The molecule has 2 aliphatic heterocycles. The number of benzene rings is 1. The van der Waals surface area contributed by atoms with Crippen LogP contribution in [0.5, 0.6) is 5.75 Å². The zero-order chi connectivity index (χ0) is 21.8. The van der Waals surface area contributed by atoms with Crippen LogP contribution < -0.4 is 10.3 Å². The van der Waals surface area contributed by atoms with Gasteiger partial charge in [0.2, 0.25) is 5.91 Å². The zero-order valence-corrected chi connectivity index (χ0v) is 18.5. The molecule has 1 N–H and O–H groups in total. The largest absolute Gasteiger partial charge is 0.497 e. The molecule has 3 heterocycles. The molecule has 31 heavy (non-hydrogen) atoms. The predicted octanol–water partition coefficient (Wildman–Crippen LogP) is 2.67. The maximum Gasteiger partial charge on any atom is 0.251 e. The molecule has 2 fully saturated rings. The van der Waals surface area contributed by atoms with E-state index in [-0.39, 0.29) is 23.3 Å². The molecule has 0 spiro atoms. The van der Waals surface area contributed by atoms with Gasteiger partial charge in [0.15, 0.2) is 0 Å². The van der Waals surface area contributed by atoms with Gasteiger partial charge in [-0.1, -0.05) is 25.0 Å². The second kappa shape index (κ2) is 9.64. The van der Waals surface area contributed by atoms with Crippen molar-refractivity contribution >= 4 is 5.91 Å². The van der Waals surface area contributed by atoms with E-state index in [0.717, 1.165) is 30.1 Å². The fourth-order valence-electron chi connectivity index (χ4n) is 4.87. The summed E-state index contributed by atoms with van der Waals surface area (Å²) >= 11 is 0. The van der Waals surface area contributed by atoms with Crippen LogP contribution in [0.4, 0.5) is 0 Å². The van der Waals surface area contributed by atoms with E-state index >= 15 is 0 Å². The number of hydrogen-bond acceptors (Lipinski definition) is 5. The lowest BCUT2D eigenvalue weighted by molar-refractivity contribution is -0.131. The number of aryl methyl sites for hydroxylation is 1. The third-order valence-electron chi connectivity index (χ3n) is 6.53. The van der Waals surface area contributed by atoms with Crippen LogP contribution in [0.2, 0.25) is 0 Å². The average Bonchev–Trinajstić information content (AvgIpc) is 3.05. The molecule has 1 amide bonds. The van der Waals surface area contributed by atoms with E-state index in [2.05, 4.69) is 27.0 Å². The van der Waals surface area contributed by atoms with Gasteiger partial charge in [-0.25, -0.2) is 4.98 Å². The molecule has 0 bridgehead atoms. The molecule has 7 nitrogen and oxygen atoms in total. The van der Waals surface area contributed by atoms with Gasteiger partial charge in [0, 0.05) is 31.0 Å². The molecule has 2 aliphatic rings. The molecular weight excluding hydrogens is 392 g/mol. The number of H-pyrrole nitrogens is 1. The van der Waals surface area contributed by atoms with Crippen LogP contribution in [0.15, 0.2) is 35.1 Å². The number of carbonyl (C=O) groups is 1. The first-order chi connectivity index (χ1) is 15.0. The maximum atomic E-state index is 13.2. The Labute approximate surface area is 183 Å². The molecular formula is C24H32N4O3. The highest BCUT2D eigenvalue weighted by Crippen LogP contribution is 2.39. The smallest absolute Gasteiger partial charge is 0.251 e. The summed E-state index contributed by atoms with van der Waals surface area (Å²) in [5, 5.41) is 0. The Bertz CT molecular complexity index is 948. The van der Waals surface area contributed by atoms with Crippen molar-refractivity contribution in [3.8, 4) is 5.75 Å². The molecule has 1 aromatic carbocycles. The number of aromatic amines is 1. The first kappa shape index (κ1) is 21.6. The van der Waals surface area contributed by atoms with Gasteiger partial charge in [-0.3, -0.25) is 14.5 Å². The van der Waals surface area contributed by atoms with E-state index in [1.54, 1.807) is 20.1 Å². The summed E-state index contributed by atoms with van der Waals surface area (Å²) in [6, 6.07) is 9.59. The molecule has 0 unspecified atom stereocenters. The third-order valence-corrected chi connectivity index (χ3v) is 6.53. The summed E-state index contributed by atoms with van der Waals surface area (Å²) in [4.78, 5) is 36.9. The highest BCUT2D eigenvalue weighted by molar-refractivity contribution is 5.79. The van der Waals surface area contributed by atoms with Gasteiger partial charge in [0.25, 0.3) is 5.56 Å². The summed E-state index contributed by atoms with van der Waals surface area (Å²) in [6.45, 7) is 5.49. The molecule has 2 atom stereocenters. The summed E-state index contributed by atoms with van der Waals surface area (Å²) in [7, 11) is 1.65. The SMILES string of the molecule is COc1ccc([C@@H]2CN(C(=O)CN3CCCCCC3)C[C@H]2c2cc(=O)[nH]c(C)n2)cc1. The second-order valence-corrected chi connectivity index (χ2v) is 8.73. The first-order valence-electron chi connectivity index (χ1n) is 11.3. The molecule has 2 aromatic rings. The van der Waals surface area contributed by atoms with E-state index in [1.165, 1.54) is 25.7 Å². The average molecular weight is 425 g/mol. The molecule has 7 heteroatoms. The predicted molar refractivity (Wildman–Crippen MR) is 120 cm³/mol. The van der Waals surface area contributed by atoms with E-state index in [4.69, 9.17) is 4.74 Å². The van der Waals surface area contributed by atoms with Crippen LogP contribution in [0, 0.1) is 6.92 Å². The summed E-state index contributed by atoms with van der Waals surface area (Å²) in [5.74, 6) is 1.66. The number of carbonyl (C=O) groups excluding carboxylic acids is 1. The Kier molecular flexibility index (Phi) is 6.70. The number of aromatic nitrogens is 2. The number of rotatable bonds is 5. The van der Waals surface area contributed by atoms with Crippen molar-refractivity contribution in [2.75, 3.05) is 39.8 Å². The number of methoxy groups -OCH3 is 1. The van der Waals surface area contributed by atoms with Crippen molar-refractivity contribution in [2.24, 2.45) is 0 Å². The first-order valence-corrected chi connectivity index (χ1v) is 11.3. The Balaban J connectivity index is 1.57. The number of likely N-dealkylation sites (tertiary alicyclic amines) is 2. The number of hydrogen-bond donors (Lipinski definition) is 1. The Hall–Kier alpha value is -2.67. The van der Waals surface area contributed by atoms with Crippen LogP contribution in [0.25, 0.3) is 0 Å². The van der Waals surface area contributed by atoms with Gasteiger partial charge >= 0.3 is 0 Å². The third kappa shape index (κ3) is 5.15. The van der Waals surface area contributed by atoms with E-state index in [0.29, 0.717) is 25.5 Å². The lowest BCUT2D eigenvalue weighted by atomic mass is 9.86. The summed E-state index contributed by atoms with van der Waals surface area (Å²) in [6.07, 6.45) is 4.84. The van der Waals surface area contributed by atoms with E-state index in [1.807, 2.05) is 17.0 Å². The molecule has 0 aliphatic carbocycles. The highest BCUT2D eigenvalue weighted by atomic mass is 16.5. The zero-order valence-electron chi connectivity index (χ0n) is 18.5. The van der Waals surface area contributed by atoms with Gasteiger partial charge in [-0.15, -0.1) is 0 Å². The van der Waals surface area contributed by atoms with Gasteiger partial charge in [-0.2, -0.15) is 0 Å². The van der Waals surface area contributed by atoms with Gasteiger partial charge in [0.05, 0.1) is 19.3 Å². The lowest BCUT2D eigenvalue weighted by Crippen LogP contribution is -2.39. The van der Waals surface area contributed by atoms with Crippen molar-refractivity contribution in [3.63, 3.8) is 0 Å². The molecule has 0 radical (unpaired) electrons. The quantitative estimate of drug-likeness (QED) is 0.798. The van der Waals surface area contributed by atoms with Gasteiger partial charge < -0.3 is 14.6 Å². The minimum atomic E-state index is -0.148. The fraction of sp³-hybridized carbons (Fsp3) is 0.542. The number of nitrogens with one attached hydrogen (secondary N) is 1. The van der Waals surface area contributed by atoms with Gasteiger partial charge in [-0.05, 0) is 50.6 Å². The number of ether oxygens (including phenoxy) is 1. The minimum absolute atomic E-state index is 0.0116. The van der Waals surface area contributed by atoms with Crippen molar-refractivity contribution in [1.82, 2.24) is 19.8 Å². The molecule has 4 rings (SSSR count). The normalized spacial score (nSPS) is 22.3. The molecule has 1 aromatic heterocycles. The van der Waals surface area contributed by atoms with Crippen molar-refractivity contribution in [3.05, 3.63) is 57.8 Å². The Morgan fingerprint density at radius 3 is 2.42 bits per heavy atom. The van der Waals surface area contributed by atoms with Crippen molar-refractivity contribution < 1.29 is 9.53 Å². The standard InChI is InChI=1S/C24H32N4O3/c1-17-25-22(13-23(29)26-17)21-15-28(24(30)16-27-11-5-3-4-6-12-27)14-20(21)18-7-9-19(31-2)10-8-18/h7-10,13,20-21H,3-6,11-12,14-16H2,1-2H3,(H,25,26,29)/t20-,21+/m0/s1. The molecule has 2 saturated heterocycles. The summed E-state index contributed by atoms with van der Waals surface area (Å²) in [5.41, 5.74) is 1.74. The van der Waals surface area contributed by atoms with E-state index < -0.39 is 0 Å². The monoisotopic (exact) mass is 424 g/mol. The molecule has 166 valence electrons. The van der Waals surface area contributed by atoms with Crippen LogP contribution in [-0.2, 0) is 4.79 Å². The van der Waals surface area contributed by atoms with Crippen molar-refractivity contribution in [2.45, 2.75) is 44.4 Å². The Morgan fingerprint density at radius 1 is 1.10 bits per heavy atom. The highest BCUT2D eigenvalue weighted by Gasteiger charge is 2.38. The topological polar surface area (TPSA) is 78.5 Å². The summed E-state index contributed by atoms with van der Waals surface area (Å²) < 4.78 is 5.30. The molecule has 0 saturated carbocycles. The number of nitrogens with zero attached hydrogens (tertiary/aromatic N) is 3. The van der Waals surface area contributed by atoms with E-state index in [9.17, 15) is 9.59 Å². The lowest BCUT2D eigenvalue weighted by Gasteiger charge is -2.23. The van der Waals surface area contributed by atoms with Crippen LogP contribution in [0.3, 0.4) is 0 Å². The Morgan fingerprint density at radius 2 is 1.77 bits per heavy atom. The van der Waals surface area contributed by atoms with Crippen LogP contribution in [0.1, 0.15) is 54.6 Å². The fourth-order valence-corrected chi connectivity index (χ4v) is 4.87. The minimum Gasteiger partial charge on any atom is -0.497 e. The van der Waals surface area contributed by atoms with Crippen LogP contribution in [-0.4, -0.2) is 65.5 Å². The van der Waals surface area contributed by atoms with Crippen LogP contribution >= 0.6 is 0 Å². The van der Waals surface area contributed by atoms with Crippen molar-refractivity contribution in [1.29, 1.82) is 0 Å². The number of amides is 1. The van der Waals surface area contributed by atoms with Gasteiger partial charge in [0.1, 0.15) is 11.6 Å².